The molecule has 0 bridgehead atoms. The number of methoxy groups -OCH3 is 1. The minimum atomic E-state index is -0.379. The molecule has 2 aromatic carbocycles. The SMILES string of the molecule is COC(=O)c1cccc(-c2nc([C@@H]3CCCN(C(=O)Nc4ccc(N(C)C)cc4)C3)n3ccccc23)c1. The fourth-order valence-corrected chi connectivity index (χ4v) is 4.89. The Balaban J connectivity index is 1.40. The zero-order chi connectivity index (χ0) is 25.9. The Morgan fingerprint density at radius 2 is 1.86 bits per heavy atom. The van der Waals surface area contributed by atoms with E-state index in [1.807, 2.05) is 90.8 Å². The lowest BCUT2D eigenvalue weighted by atomic mass is 9.97. The zero-order valence-corrected chi connectivity index (χ0v) is 21.3. The first kappa shape index (κ1) is 24.4. The number of amides is 2. The van der Waals surface area contributed by atoms with Gasteiger partial charge in [0, 0.05) is 56.2 Å². The Morgan fingerprint density at radius 3 is 2.62 bits per heavy atom. The number of rotatable bonds is 5. The van der Waals surface area contributed by atoms with E-state index in [1.165, 1.54) is 7.11 Å². The summed E-state index contributed by atoms with van der Waals surface area (Å²) in [6.07, 6.45) is 3.85. The number of anilines is 2. The highest BCUT2D eigenvalue weighted by Gasteiger charge is 2.29. The Hall–Kier alpha value is -4.33. The number of benzene rings is 2. The van der Waals surface area contributed by atoms with Gasteiger partial charge in [0.15, 0.2) is 0 Å². The van der Waals surface area contributed by atoms with Gasteiger partial charge < -0.3 is 24.3 Å². The molecule has 8 nitrogen and oxygen atoms in total. The minimum Gasteiger partial charge on any atom is -0.465 e. The van der Waals surface area contributed by atoms with E-state index < -0.39 is 0 Å². The molecule has 4 aromatic rings. The van der Waals surface area contributed by atoms with Crippen LogP contribution in [0.25, 0.3) is 16.8 Å². The number of esters is 1. The maximum atomic E-state index is 13.1. The first-order valence-corrected chi connectivity index (χ1v) is 12.4. The topological polar surface area (TPSA) is 79.2 Å². The van der Waals surface area contributed by atoms with Crippen molar-refractivity contribution in [3.63, 3.8) is 0 Å². The third kappa shape index (κ3) is 5.00. The molecule has 0 aliphatic carbocycles. The van der Waals surface area contributed by atoms with E-state index >= 15 is 0 Å². The molecule has 1 saturated heterocycles. The van der Waals surface area contributed by atoms with Crippen molar-refractivity contribution in [2.45, 2.75) is 18.8 Å². The van der Waals surface area contributed by atoms with Gasteiger partial charge in [-0.3, -0.25) is 0 Å². The average Bonchev–Trinajstić information content (AvgIpc) is 3.33. The number of carbonyl (C=O) groups excluding carboxylic acids is 2. The summed E-state index contributed by atoms with van der Waals surface area (Å²) in [5.41, 5.74) is 4.96. The summed E-state index contributed by atoms with van der Waals surface area (Å²) in [4.78, 5) is 34.2. The Kier molecular flexibility index (Phi) is 6.81. The highest BCUT2D eigenvalue weighted by molar-refractivity contribution is 5.92. The summed E-state index contributed by atoms with van der Waals surface area (Å²) in [7, 11) is 5.35. The third-order valence-corrected chi connectivity index (χ3v) is 6.84. The standard InChI is InChI=1S/C29H31N5O3/c1-32(2)24-14-12-23(13-15-24)30-29(36)33-16-7-10-22(19-33)27-31-26(25-11-4-5-17-34(25)27)20-8-6-9-21(18-20)28(35)37-3/h4-6,8-9,11-15,17-18,22H,7,10,16,19H2,1-3H3,(H,30,36)/t22-/m1/s1. The molecular formula is C29H31N5O3. The van der Waals surface area contributed by atoms with E-state index in [1.54, 1.807) is 6.07 Å². The highest BCUT2D eigenvalue weighted by Crippen LogP contribution is 2.32. The van der Waals surface area contributed by atoms with Crippen molar-refractivity contribution in [3.8, 4) is 11.3 Å². The second kappa shape index (κ2) is 10.3. The van der Waals surface area contributed by atoms with Gasteiger partial charge in [-0.1, -0.05) is 18.2 Å². The number of likely N-dealkylation sites (tertiary alicyclic amines) is 1. The van der Waals surface area contributed by atoms with E-state index in [0.717, 1.165) is 46.8 Å². The van der Waals surface area contributed by atoms with Gasteiger partial charge in [0.1, 0.15) is 5.82 Å². The molecule has 5 rings (SSSR count). The summed E-state index contributed by atoms with van der Waals surface area (Å²) in [6.45, 7) is 1.28. The quantitative estimate of drug-likeness (QED) is 0.380. The molecule has 2 amide bonds. The number of carbonyl (C=O) groups is 2. The predicted molar refractivity (Wildman–Crippen MR) is 145 cm³/mol. The fraction of sp³-hybridized carbons (Fsp3) is 0.276. The molecule has 0 spiro atoms. The number of pyridine rings is 1. The molecular weight excluding hydrogens is 466 g/mol. The summed E-state index contributed by atoms with van der Waals surface area (Å²) in [5, 5.41) is 3.04. The second-order valence-corrected chi connectivity index (χ2v) is 9.50. The number of aromatic nitrogens is 2. The molecule has 2 aromatic heterocycles. The van der Waals surface area contributed by atoms with Gasteiger partial charge in [-0.25, -0.2) is 14.6 Å². The van der Waals surface area contributed by atoms with E-state index in [4.69, 9.17) is 9.72 Å². The molecule has 0 unspecified atom stereocenters. The van der Waals surface area contributed by atoms with Gasteiger partial charge in [-0.2, -0.15) is 0 Å². The van der Waals surface area contributed by atoms with Gasteiger partial charge in [0.05, 0.1) is 23.9 Å². The molecule has 190 valence electrons. The Labute approximate surface area is 216 Å². The second-order valence-electron chi connectivity index (χ2n) is 9.50. The van der Waals surface area contributed by atoms with E-state index in [9.17, 15) is 9.59 Å². The Bertz CT molecular complexity index is 1430. The maximum Gasteiger partial charge on any atom is 0.337 e. The van der Waals surface area contributed by atoms with Gasteiger partial charge in [0.25, 0.3) is 0 Å². The molecule has 0 radical (unpaired) electrons. The number of ether oxygens (including phenoxy) is 1. The number of nitrogens with one attached hydrogen (secondary N) is 1. The number of piperidine rings is 1. The largest absolute Gasteiger partial charge is 0.465 e. The van der Waals surface area contributed by atoms with Crippen LogP contribution in [0.1, 0.15) is 34.9 Å². The van der Waals surface area contributed by atoms with Crippen LogP contribution in [0.5, 0.6) is 0 Å². The maximum absolute atomic E-state index is 13.1. The molecule has 3 heterocycles. The van der Waals surface area contributed by atoms with E-state index in [-0.39, 0.29) is 17.9 Å². The van der Waals surface area contributed by atoms with Crippen molar-refractivity contribution in [1.29, 1.82) is 0 Å². The van der Waals surface area contributed by atoms with Crippen molar-refractivity contribution in [1.82, 2.24) is 14.3 Å². The molecule has 1 aliphatic rings. The first-order valence-electron chi connectivity index (χ1n) is 12.4. The van der Waals surface area contributed by atoms with Crippen LogP contribution in [-0.2, 0) is 4.74 Å². The average molecular weight is 498 g/mol. The van der Waals surface area contributed by atoms with Crippen LogP contribution in [0.2, 0.25) is 0 Å². The number of hydrogen-bond donors (Lipinski definition) is 1. The van der Waals surface area contributed by atoms with Crippen LogP contribution in [0.4, 0.5) is 16.2 Å². The summed E-state index contributed by atoms with van der Waals surface area (Å²) < 4.78 is 7.00. The minimum absolute atomic E-state index is 0.0862. The molecule has 1 N–H and O–H groups in total. The smallest absolute Gasteiger partial charge is 0.337 e. The summed E-state index contributed by atoms with van der Waals surface area (Å²) in [6, 6.07) is 21.1. The van der Waals surface area contributed by atoms with Gasteiger partial charge in [-0.05, 0) is 61.4 Å². The van der Waals surface area contributed by atoms with Gasteiger partial charge in [-0.15, -0.1) is 0 Å². The van der Waals surface area contributed by atoms with Crippen molar-refractivity contribution < 1.29 is 14.3 Å². The number of fused-ring (bicyclic) bond motifs is 1. The van der Waals surface area contributed by atoms with Crippen LogP contribution in [0.15, 0.2) is 72.9 Å². The molecule has 1 aliphatic heterocycles. The van der Waals surface area contributed by atoms with Crippen molar-refractivity contribution in [2.24, 2.45) is 0 Å². The Morgan fingerprint density at radius 1 is 1.05 bits per heavy atom. The van der Waals surface area contributed by atoms with Gasteiger partial charge >= 0.3 is 12.0 Å². The van der Waals surface area contributed by atoms with Crippen molar-refractivity contribution >= 4 is 28.9 Å². The summed E-state index contributed by atoms with van der Waals surface area (Å²) >= 11 is 0. The molecule has 8 heteroatoms. The fourth-order valence-electron chi connectivity index (χ4n) is 4.89. The normalized spacial score (nSPS) is 15.4. The lowest BCUT2D eigenvalue weighted by molar-refractivity contribution is 0.0600. The first-order chi connectivity index (χ1) is 17.9. The van der Waals surface area contributed by atoms with Crippen molar-refractivity contribution in [3.05, 3.63) is 84.3 Å². The highest BCUT2D eigenvalue weighted by atomic mass is 16.5. The van der Waals surface area contributed by atoms with Crippen LogP contribution in [0.3, 0.4) is 0 Å². The van der Waals surface area contributed by atoms with Crippen LogP contribution < -0.4 is 10.2 Å². The molecule has 1 fully saturated rings. The molecule has 37 heavy (non-hydrogen) atoms. The number of imidazole rings is 1. The zero-order valence-electron chi connectivity index (χ0n) is 21.3. The van der Waals surface area contributed by atoms with Gasteiger partial charge in [0.2, 0.25) is 0 Å². The third-order valence-electron chi connectivity index (χ3n) is 6.84. The van der Waals surface area contributed by atoms with E-state index in [0.29, 0.717) is 18.7 Å². The lowest BCUT2D eigenvalue weighted by Gasteiger charge is -2.32. The summed E-state index contributed by atoms with van der Waals surface area (Å²) in [5.74, 6) is 0.626. The monoisotopic (exact) mass is 497 g/mol. The molecule has 1 atom stereocenters. The number of nitrogens with zero attached hydrogens (tertiary/aromatic N) is 4. The molecule has 0 saturated carbocycles. The van der Waals surface area contributed by atoms with Crippen LogP contribution >= 0.6 is 0 Å². The number of hydrogen-bond acceptors (Lipinski definition) is 5. The number of urea groups is 1. The van der Waals surface area contributed by atoms with Crippen LogP contribution in [0, 0.1) is 0 Å². The van der Waals surface area contributed by atoms with E-state index in [2.05, 4.69) is 9.72 Å². The predicted octanol–water partition coefficient (Wildman–Crippen LogP) is 5.27. The van der Waals surface area contributed by atoms with Crippen molar-refractivity contribution in [2.75, 3.05) is 44.5 Å². The lowest BCUT2D eigenvalue weighted by Crippen LogP contribution is -2.42. The van der Waals surface area contributed by atoms with Crippen LogP contribution in [-0.4, -0.2) is 60.6 Å².